The normalized spacial score (nSPS) is 17.9. The van der Waals surface area contributed by atoms with Gasteiger partial charge in [-0.3, -0.25) is 4.90 Å². The lowest BCUT2D eigenvalue weighted by Crippen LogP contribution is -2.37. The maximum absolute atomic E-state index is 5.37. The molecule has 0 aliphatic carbocycles. The van der Waals surface area contributed by atoms with E-state index in [1.54, 1.807) is 0 Å². The van der Waals surface area contributed by atoms with Crippen LogP contribution in [0.15, 0.2) is 0 Å². The van der Waals surface area contributed by atoms with Crippen molar-refractivity contribution in [3.63, 3.8) is 0 Å². The standard InChI is InChI=1S/C14H24N2OS2/c1-14(2,3)13-11(10-18)19-12(15-13)4-5-16-6-8-17-9-7-16/h18H,4-10H2,1-3H3. The largest absolute Gasteiger partial charge is 0.379 e. The molecule has 108 valence electrons. The van der Waals surface area contributed by atoms with Crippen LogP contribution < -0.4 is 0 Å². The lowest BCUT2D eigenvalue weighted by atomic mass is 9.91. The fourth-order valence-electron chi connectivity index (χ4n) is 2.28. The Morgan fingerprint density at radius 2 is 2.00 bits per heavy atom. The van der Waals surface area contributed by atoms with Crippen LogP contribution in [0, 0.1) is 0 Å². The van der Waals surface area contributed by atoms with E-state index in [1.165, 1.54) is 15.6 Å². The van der Waals surface area contributed by atoms with E-state index in [9.17, 15) is 0 Å². The van der Waals surface area contributed by atoms with E-state index in [2.05, 4.69) is 38.3 Å². The van der Waals surface area contributed by atoms with Crippen LogP contribution in [-0.4, -0.2) is 42.7 Å². The molecule has 0 bridgehead atoms. The van der Waals surface area contributed by atoms with Crippen LogP contribution >= 0.6 is 24.0 Å². The zero-order chi connectivity index (χ0) is 13.9. The molecule has 1 aliphatic heterocycles. The van der Waals surface area contributed by atoms with Gasteiger partial charge in [-0.05, 0) is 0 Å². The summed E-state index contributed by atoms with van der Waals surface area (Å²) in [5.41, 5.74) is 1.34. The van der Waals surface area contributed by atoms with E-state index in [1.807, 2.05) is 11.3 Å². The molecule has 0 spiro atoms. The predicted molar refractivity (Wildman–Crippen MR) is 84.5 cm³/mol. The molecule has 0 saturated carbocycles. The van der Waals surface area contributed by atoms with Crippen molar-refractivity contribution >= 4 is 24.0 Å². The number of morpholine rings is 1. The molecule has 2 heterocycles. The fourth-order valence-corrected chi connectivity index (χ4v) is 3.75. The van der Waals surface area contributed by atoms with Crippen molar-refractivity contribution < 1.29 is 4.74 Å². The molecule has 0 amide bonds. The Morgan fingerprint density at radius 3 is 2.53 bits per heavy atom. The Morgan fingerprint density at radius 1 is 1.32 bits per heavy atom. The number of rotatable bonds is 4. The first-order chi connectivity index (χ1) is 9.00. The van der Waals surface area contributed by atoms with Crippen molar-refractivity contribution in [2.75, 3.05) is 32.8 Å². The second kappa shape index (κ2) is 6.57. The maximum Gasteiger partial charge on any atom is 0.0944 e. The van der Waals surface area contributed by atoms with Crippen molar-refractivity contribution in [2.24, 2.45) is 0 Å². The number of thiazole rings is 1. The molecule has 1 saturated heterocycles. The van der Waals surface area contributed by atoms with Gasteiger partial charge in [0.05, 0.1) is 23.9 Å². The summed E-state index contributed by atoms with van der Waals surface area (Å²) in [4.78, 5) is 8.64. The highest BCUT2D eigenvalue weighted by molar-refractivity contribution is 7.79. The third-order valence-corrected chi connectivity index (χ3v) is 4.99. The smallest absolute Gasteiger partial charge is 0.0944 e. The summed E-state index contributed by atoms with van der Waals surface area (Å²) in [7, 11) is 0. The average Bonchev–Trinajstić information content (AvgIpc) is 2.81. The summed E-state index contributed by atoms with van der Waals surface area (Å²) in [6.45, 7) is 11.6. The van der Waals surface area contributed by atoms with Gasteiger partial charge in [0, 0.05) is 42.1 Å². The number of aromatic nitrogens is 1. The molecule has 1 aromatic rings. The van der Waals surface area contributed by atoms with Crippen LogP contribution in [0.1, 0.15) is 36.3 Å². The number of thiol groups is 1. The molecule has 0 radical (unpaired) electrons. The minimum atomic E-state index is 0.117. The van der Waals surface area contributed by atoms with Gasteiger partial charge in [-0.25, -0.2) is 4.98 Å². The summed E-state index contributed by atoms with van der Waals surface area (Å²) in [5, 5.41) is 1.25. The van der Waals surface area contributed by atoms with Crippen LogP contribution in [0.25, 0.3) is 0 Å². The lowest BCUT2D eigenvalue weighted by Gasteiger charge is -2.26. The van der Waals surface area contributed by atoms with Crippen molar-refractivity contribution in [3.05, 3.63) is 15.6 Å². The van der Waals surface area contributed by atoms with Crippen LogP contribution in [0.2, 0.25) is 0 Å². The Balaban J connectivity index is 1.98. The van der Waals surface area contributed by atoms with Gasteiger partial charge in [-0.15, -0.1) is 11.3 Å². The van der Waals surface area contributed by atoms with E-state index in [0.717, 1.165) is 45.0 Å². The van der Waals surface area contributed by atoms with Crippen LogP contribution in [0.5, 0.6) is 0 Å². The Bertz CT molecular complexity index is 406. The average molecular weight is 300 g/mol. The first-order valence-corrected chi connectivity index (χ1v) is 8.35. The van der Waals surface area contributed by atoms with Gasteiger partial charge in [0.15, 0.2) is 0 Å². The number of ether oxygens (including phenoxy) is 1. The highest BCUT2D eigenvalue weighted by Crippen LogP contribution is 2.30. The first-order valence-electron chi connectivity index (χ1n) is 6.90. The Hall–Kier alpha value is -0.100. The van der Waals surface area contributed by atoms with Gasteiger partial charge in [-0.2, -0.15) is 12.6 Å². The Labute approximate surface area is 125 Å². The van der Waals surface area contributed by atoms with Gasteiger partial charge in [0.2, 0.25) is 0 Å². The zero-order valence-electron chi connectivity index (χ0n) is 12.1. The lowest BCUT2D eigenvalue weighted by molar-refractivity contribution is 0.0384. The second-order valence-corrected chi connectivity index (χ2v) is 7.48. The molecule has 0 aromatic carbocycles. The van der Waals surface area contributed by atoms with E-state index in [-0.39, 0.29) is 5.41 Å². The molecule has 3 nitrogen and oxygen atoms in total. The summed E-state index contributed by atoms with van der Waals surface area (Å²) >= 11 is 6.27. The third kappa shape index (κ3) is 4.18. The van der Waals surface area contributed by atoms with E-state index >= 15 is 0 Å². The summed E-state index contributed by atoms with van der Waals surface area (Å²) in [6.07, 6.45) is 1.04. The van der Waals surface area contributed by atoms with Crippen LogP contribution in [0.3, 0.4) is 0 Å². The molecule has 0 N–H and O–H groups in total. The van der Waals surface area contributed by atoms with Gasteiger partial charge >= 0.3 is 0 Å². The SMILES string of the molecule is CC(C)(C)c1nc(CCN2CCOCC2)sc1CS. The van der Waals surface area contributed by atoms with Crippen molar-refractivity contribution in [2.45, 2.75) is 38.4 Å². The maximum atomic E-state index is 5.37. The Kier molecular flexibility index (Phi) is 5.29. The van der Waals surface area contributed by atoms with E-state index in [0.29, 0.717) is 0 Å². The zero-order valence-corrected chi connectivity index (χ0v) is 13.8. The molecule has 2 rings (SSSR count). The quantitative estimate of drug-likeness (QED) is 0.866. The van der Waals surface area contributed by atoms with Gasteiger partial charge in [-0.1, -0.05) is 20.8 Å². The molecule has 0 atom stereocenters. The van der Waals surface area contributed by atoms with Gasteiger partial charge < -0.3 is 4.74 Å². The predicted octanol–water partition coefficient (Wildman–Crippen LogP) is 2.75. The molecule has 1 aromatic heterocycles. The first kappa shape index (κ1) is 15.3. The number of hydrogen-bond donors (Lipinski definition) is 1. The molecular weight excluding hydrogens is 276 g/mol. The van der Waals surface area contributed by atoms with Crippen LogP contribution in [-0.2, 0) is 22.3 Å². The van der Waals surface area contributed by atoms with E-state index in [4.69, 9.17) is 9.72 Å². The summed E-state index contributed by atoms with van der Waals surface area (Å²) < 4.78 is 5.37. The van der Waals surface area contributed by atoms with Crippen molar-refractivity contribution in [1.29, 1.82) is 0 Å². The molecule has 0 unspecified atom stereocenters. The topological polar surface area (TPSA) is 25.4 Å². The number of nitrogens with zero attached hydrogens (tertiary/aromatic N) is 2. The van der Waals surface area contributed by atoms with Gasteiger partial charge in [0.1, 0.15) is 0 Å². The molecule has 5 heteroatoms. The molecular formula is C14H24N2OS2. The molecule has 1 fully saturated rings. The summed E-state index contributed by atoms with van der Waals surface area (Å²) in [5.74, 6) is 0.793. The molecule has 1 aliphatic rings. The molecule has 19 heavy (non-hydrogen) atoms. The van der Waals surface area contributed by atoms with Crippen molar-refractivity contribution in [3.8, 4) is 0 Å². The highest BCUT2D eigenvalue weighted by atomic mass is 32.1. The minimum Gasteiger partial charge on any atom is -0.379 e. The van der Waals surface area contributed by atoms with Crippen molar-refractivity contribution in [1.82, 2.24) is 9.88 Å². The monoisotopic (exact) mass is 300 g/mol. The highest BCUT2D eigenvalue weighted by Gasteiger charge is 2.22. The summed E-state index contributed by atoms with van der Waals surface area (Å²) in [6, 6.07) is 0. The van der Waals surface area contributed by atoms with Crippen LogP contribution in [0.4, 0.5) is 0 Å². The number of hydrogen-bond acceptors (Lipinski definition) is 5. The fraction of sp³-hybridized carbons (Fsp3) is 0.786. The minimum absolute atomic E-state index is 0.117. The third-order valence-electron chi connectivity index (χ3n) is 3.34. The second-order valence-electron chi connectivity index (χ2n) is 5.99. The van der Waals surface area contributed by atoms with E-state index < -0.39 is 0 Å². The van der Waals surface area contributed by atoms with Gasteiger partial charge in [0.25, 0.3) is 0 Å².